The molecule has 0 bridgehead atoms. The Morgan fingerprint density at radius 3 is 2.71 bits per heavy atom. The van der Waals surface area contributed by atoms with Gasteiger partial charge in [-0.2, -0.15) is 0 Å². The first kappa shape index (κ1) is 10.9. The van der Waals surface area contributed by atoms with Gasteiger partial charge in [-0.05, 0) is 13.8 Å². The van der Waals surface area contributed by atoms with Crippen LogP contribution in [0.5, 0.6) is 0 Å². The Hall–Kier alpha value is -1.16. The molecule has 14 heavy (non-hydrogen) atoms. The summed E-state index contributed by atoms with van der Waals surface area (Å²) >= 11 is 0. The minimum atomic E-state index is -0.0669. The fourth-order valence-corrected chi connectivity index (χ4v) is 1.62. The lowest BCUT2D eigenvalue weighted by atomic mass is 10.1. The summed E-state index contributed by atoms with van der Waals surface area (Å²) in [5.74, 6) is -0.0698. The van der Waals surface area contributed by atoms with Gasteiger partial charge in [0.2, 0.25) is 5.91 Å². The average molecular weight is 197 g/mol. The topological polar surface area (TPSA) is 57.6 Å². The summed E-state index contributed by atoms with van der Waals surface area (Å²) in [6.45, 7) is 3.73. The lowest BCUT2D eigenvalue weighted by molar-refractivity contribution is -0.126. The van der Waals surface area contributed by atoms with Crippen molar-refractivity contribution in [1.82, 2.24) is 4.90 Å². The van der Waals surface area contributed by atoms with Crippen molar-refractivity contribution in [2.45, 2.75) is 20.3 Å². The average Bonchev–Trinajstić information content (AvgIpc) is 2.45. The lowest BCUT2D eigenvalue weighted by Gasteiger charge is -2.16. The summed E-state index contributed by atoms with van der Waals surface area (Å²) in [4.78, 5) is 23.8. The molecular weight excluding hydrogens is 182 g/mol. The van der Waals surface area contributed by atoms with Gasteiger partial charge in [-0.15, -0.1) is 0 Å². The molecule has 4 nitrogen and oxygen atoms in total. The second-order valence-electron chi connectivity index (χ2n) is 3.65. The molecule has 1 heterocycles. The molecule has 0 aromatic rings. The summed E-state index contributed by atoms with van der Waals surface area (Å²) in [6.07, 6.45) is 1.82. The number of hydrogen-bond acceptors (Lipinski definition) is 3. The molecule has 1 amide bonds. The van der Waals surface area contributed by atoms with Crippen LogP contribution in [0.15, 0.2) is 11.8 Å². The smallest absolute Gasteiger partial charge is 0.227 e. The van der Waals surface area contributed by atoms with Gasteiger partial charge in [0, 0.05) is 37.3 Å². The maximum absolute atomic E-state index is 11.4. The van der Waals surface area contributed by atoms with Crippen molar-refractivity contribution in [1.29, 1.82) is 0 Å². The Labute approximate surface area is 83.2 Å². The van der Waals surface area contributed by atoms with Crippen LogP contribution in [0.2, 0.25) is 0 Å². The Balaban J connectivity index is 2.70. The van der Waals surface area contributed by atoms with Crippen LogP contribution < -0.4 is 0 Å². The van der Waals surface area contributed by atoms with Gasteiger partial charge in [0.15, 0.2) is 5.78 Å². The Morgan fingerprint density at radius 2 is 2.29 bits per heavy atom. The van der Waals surface area contributed by atoms with E-state index in [1.165, 1.54) is 13.0 Å². The van der Waals surface area contributed by atoms with E-state index in [2.05, 4.69) is 0 Å². The summed E-state index contributed by atoms with van der Waals surface area (Å²) < 4.78 is 0. The van der Waals surface area contributed by atoms with E-state index in [0.29, 0.717) is 18.7 Å². The standard InChI is InChI=1S/C10H15NO3/c1-7(3-8(2)13)11-5-9(6-12)4-10(11)14/h3,9,12H,4-6H2,1-2H3. The van der Waals surface area contributed by atoms with Crippen molar-refractivity contribution in [2.75, 3.05) is 13.2 Å². The summed E-state index contributed by atoms with van der Waals surface area (Å²) in [5.41, 5.74) is 0.665. The molecule has 1 fully saturated rings. The number of nitrogens with zero attached hydrogens (tertiary/aromatic N) is 1. The minimum absolute atomic E-state index is 0.0119. The lowest BCUT2D eigenvalue weighted by Crippen LogP contribution is -2.24. The molecule has 78 valence electrons. The first-order valence-electron chi connectivity index (χ1n) is 4.64. The molecule has 0 saturated carbocycles. The van der Waals surface area contributed by atoms with Crippen LogP contribution in [-0.2, 0) is 9.59 Å². The second-order valence-corrected chi connectivity index (χ2v) is 3.65. The fraction of sp³-hybridized carbons (Fsp3) is 0.600. The van der Waals surface area contributed by atoms with Gasteiger partial charge in [0.25, 0.3) is 0 Å². The summed E-state index contributed by atoms with van der Waals surface area (Å²) in [6, 6.07) is 0. The van der Waals surface area contributed by atoms with E-state index in [1.54, 1.807) is 11.8 Å². The first-order chi connectivity index (χ1) is 6.54. The fourth-order valence-electron chi connectivity index (χ4n) is 1.62. The number of carbonyl (C=O) groups excluding carboxylic acids is 2. The second kappa shape index (κ2) is 4.37. The molecular formula is C10H15NO3. The van der Waals surface area contributed by atoms with Crippen LogP contribution in [0.4, 0.5) is 0 Å². The highest BCUT2D eigenvalue weighted by atomic mass is 16.3. The predicted octanol–water partition coefficient (Wildman–Crippen LogP) is 0.320. The van der Waals surface area contributed by atoms with E-state index < -0.39 is 0 Å². The molecule has 1 atom stereocenters. The third-order valence-electron chi connectivity index (χ3n) is 2.30. The van der Waals surface area contributed by atoms with Crippen molar-refractivity contribution in [3.8, 4) is 0 Å². The van der Waals surface area contributed by atoms with Crippen LogP contribution in [0.25, 0.3) is 0 Å². The molecule has 0 aromatic heterocycles. The zero-order valence-electron chi connectivity index (χ0n) is 8.49. The highest BCUT2D eigenvalue weighted by Crippen LogP contribution is 2.21. The predicted molar refractivity (Wildman–Crippen MR) is 51.3 cm³/mol. The van der Waals surface area contributed by atoms with Gasteiger partial charge in [-0.25, -0.2) is 0 Å². The molecule has 1 aliphatic heterocycles. The number of aliphatic hydroxyl groups is 1. The molecule has 0 radical (unpaired) electrons. The van der Waals surface area contributed by atoms with Crippen molar-refractivity contribution >= 4 is 11.7 Å². The third-order valence-corrected chi connectivity index (χ3v) is 2.30. The summed E-state index contributed by atoms with van der Waals surface area (Å²) in [5, 5.41) is 8.90. The number of rotatable bonds is 3. The van der Waals surface area contributed by atoms with Crippen molar-refractivity contribution in [3.63, 3.8) is 0 Å². The van der Waals surface area contributed by atoms with E-state index in [0.717, 1.165) is 0 Å². The molecule has 0 spiro atoms. The van der Waals surface area contributed by atoms with Crippen LogP contribution in [0.1, 0.15) is 20.3 Å². The molecule has 0 aliphatic carbocycles. The number of aliphatic hydroxyl groups excluding tert-OH is 1. The van der Waals surface area contributed by atoms with E-state index in [9.17, 15) is 9.59 Å². The Morgan fingerprint density at radius 1 is 1.64 bits per heavy atom. The third kappa shape index (κ3) is 2.42. The molecule has 1 saturated heterocycles. The van der Waals surface area contributed by atoms with Gasteiger partial charge in [-0.3, -0.25) is 9.59 Å². The highest BCUT2D eigenvalue weighted by molar-refractivity contribution is 5.89. The van der Waals surface area contributed by atoms with Crippen LogP contribution in [-0.4, -0.2) is 34.8 Å². The Bertz CT molecular complexity index is 283. The van der Waals surface area contributed by atoms with Crippen LogP contribution >= 0.6 is 0 Å². The van der Waals surface area contributed by atoms with Crippen molar-refractivity contribution in [2.24, 2.45) is 5.92 Å². The van der Waals surface area contributed by atoms with Gasteiger partial charge in [-0.1, -0.05) is 0 Å². The highest BCUT2D eigenvalue weighted by Gasteiger charge is 2.29. The van der Waals surface area contributed by atoms with Crippen LogP contribution in [0.3, 0.4) is 0 Å². The SMILES string of the molecule is CC(=O)C=C(C)N1CC(CO)CC1=O. The van der Waals surface area contributed by atoms with Gasteiger partial charge >= 0.3 is 0 Å². The number of amides is 1. The molecule has 4 heteroatoms. The van der Waals surface area contributed by atoms with Gasteiger partial charge in [0.1, 0.15) is 0 Å². The number of hydrogen-bond donors (Lipinski definition) is 1. The van der Waals surface area contributed by atoms with Crippen molar-refractivity contribution in [3.05, 3.63) is 11.8 Å². The zero-order chi connectivity index (χ0) is 10.7. The van der Waals surface area contributed by atoms with E-state index >= 15 is 0 Å². The van der Waals surface area contributed by atoms with Gasteiger partial charge < -0.3 is 10.0 Å². The van der Waals surface area contributed by atoms with E-state index in [4.69, 9.17) is 5.11 Å². The molecule has 1 unspecified atom stereocenters. The number of likely N-dealkylation sites (tertiary alicyclic amines) is 1. The normalized spacial score (nSPS) is 23.1. The maximum Gasteiger partial charge on any atom is 0.227 e. The van der Waals surface area contributed by atoms with E-state index in [-0.39, 0.29) is 24.2 Å². The largest absolute Gasteiger partial charge is 0.396 e. The molecule has 0 aromatic carbocycles. The van der Waals surface area contributed by atoms with Gasteiger partial charge in [0.05, 0.1) is 0 Å². The molecule has 1 N–H and O–H groups in total. The maximum atomic E-state index is 11.4. The number of carbonyl (C=O) groups is 2. The Kier molecular flexibility index (Phi) is 3.41. The number of allylic oxidation sites excluding steroid dienone is 2. The van der Waals surface area contributed by atoms with E-state index in [1.807, 2.05) is 0 Å². The monoisotopic (exact) mass is 197 g/mol. The first-order valence-corrected chi connectivity index (χ1v) is 4.64. The number of ketones is 1. The molecule has 1 rings (SSSR count). The quantitative estimate of drug-likeness (QED) is 0.663. The zero-order valence-corrected chi connectivity index (χ0v) is 8.49. The minimum Gasteiger partial charge on any atom is -0.396 e. The molecule has 1 aliphatic rings. The van der Waals surface area contributed by atoms with Crippen LogP contribution in [0, 0.1) is 5.92 Å². The van der Waals surface area contributed by atoms with Crippen molar-refractivity contribution < 1.29 is 14.7 Å². The summed E-state index contributed by atoms with van der Waals surface area (Å²) in [7, 11) is 0.